The predicted octanol–water partition coefficient (Wildman–Crippen LogP) is 1.43. The van der Waals surface area contributed by atoms with Crippen LogP contribution in [0.15, 0.2) is 18.2 Å². The van der Waals surface area contributed by atoms with Crippen molar-refractivity contribution in [3.05, 3.63) is 35.1 Å². The van der Waals surface area contributed by atoms with E-state index in [4.69, 9.17) is 10.00 Å². The molecular weight excluding hydrogens is 195 g/mol. The molecule has 1 N–H and O–H groups in total. The van der Waals surface area contributed by atoms with E-state index in [-0.39, 0.29) is 5.82 Å². The van der Waals surface area contributed by atoms with Crippen LogP contribution in [0.1, 0.15) is 11.1 Å². The Labute approximate surface area is 88.5 Å². The van der Waals surface area contributed by atoms with Gasteiger partial charge in [-0.3, -0.25) is 0 Å². The molecule has 0 radical (unpaired) electrons. The molecule has 1 rings (SSSR count). The SMILES string of the molecule is COCCNCc1cc(F)cc(C#N)c1. The van der Waals surface area contributed by atoms with Gasteiger partial charge in [-0.2, -0.15) is 5.26 Å². The monoisotopic (exact) mass is 208 g/mol. The minimum atomic E-state index is -0.377. The van der Waals surface area contributed by atoms with Crippen LogP contribution in [0.5, 0.6) is 0 Å². The first-order chi connectivity index (χ1) is 7.26. The Morgan fingerprint density at radius 3 is 2.93 bits per heavy atom. The van der Waals surface area contributed by atoms with Crippen molar-refractivity contribution in [2.24, 2.45) is 0 Å². The van der Waals surface area contributed by atoms with E-state index in [2.05, 4.69) is 5.32 Å². The molecule has 0 aromatic heterocycles. The lowest BCUT2D eigenvalue weighted by Gasteiger charge is -2.04. The Bertz CT molecular complexity index is 360. The number of nitrogens with one attached hydrogen (secondary N) is 1. The van der Waals surface area contributed by atoms with Crippen molar-refractivity contribution in [2.45, 2.75) is 6.54 Å². The zero-order valence-corrected chi connectivity index (χ0v) is 8.59. The van der Waals surface area contributed by atoms with Crippen LogP contribution in [0.4, 0.5) is 4.39 Å². The molecule has 0 amide bonds. The Hall–Kier alpha value is -1.44. The topological polar surface area (TPSA) is 45.0 Å². The maximum absolute atomic E-state index is 13.0. The van der Waals surface area contributed by atoms with E-state index in [0.29, 0.717) is 25.3 Å². The highest BCUT2D eigenvalue weighted by Crippen LogP contribution is 2.08. The number of hydrogen-bond acceptors (Lipinski definition) is 3. The minimum absolute atomic E-state index is 0.346. The first kappa shape index (κ1) is 11.6. The predicted molar refractivity (Wildman–Crippen MR) is 54.7 cm³/mol. The molecule has 0 fully saturated rings. The summed E-state index contributed by atoms with van der Waals surface area (Å²) in [5.41, 5.74) is 1.11. The summed E-state index contributed by atoms with van der Waals surface area (Å²) in [6, 6.07) is 6.23. The van der Waals surface area contributed by atoms with Gasteiger partial charge in [-0.25, -0.2) is 4.39 Å². The van der Waals surface area contributed by atoms with Gasteiger partial charge < -0.3 is 10.1 Å². The van der Waals surface area contributed by atoms with Gasteiger partial charge in [0.15, 0.2) is 0 Å². The average Bonchev–Trinajstić information content (AvgIpc) is 2.23. The molecule has 1 aromatic rings. The van der Waals surface area contributed by atoms with E-state index in [1.807, 2.05) is 6.07 Å². The first-order valence-corrected chi connectivity index (χ1v) is 4.65. The number of methoxy groups -OCH3 is 1. The lowest BCUT2D eigenvalue weighted by molar-refractivity contribution is 0.199. The first-order valence-electron chi connectivity index (χ1n) is 4.65. The summed E-state index contributed by atoms with van der Waals surface area (Å²) in [5, 5.41) is 11.7. The molecule has 0 spiro atoms. The second-order valence-corrected chi connectivity index (χ2v) is 3.13. The summed E-state index contributed by atoms with van der Waals surface area (Å²) in [4.78, 5) is 0. The van der Waals surface area contributed by atoms with E-state index in [9.17, 15) is 4.39 Å². The third kappa shape index (κ3) is 4.07. The van der Waals surface area contributed by atoms with Gasteiger partial charge in [-0.05, 0) is 23.8 Å². The number of hydrogen-bond donors (Lipinski definition) is 1. The summed E-state index contributed by atoms with van der Waals surface area (Å²) in [5.74, 6) is -0.377. The highest BCUT2D eigenvalue weighted by atomic mass is 19.1. The Kier molecular flexibility index (Phi) is 4.75. The van der Waals surface area contributed by atoms with Gasteiger partial charge >= 0.3 is 0 Å². The molecule has 0 atom stereocenters. The van der Waals surface area contributed by atoms with E-state index >= 15 is 0 Å². The molecule has 1 aromatic carbocycles. The summed E-state index contributed by atoms with van der Waals surface area (Å²) in [7, 11) is 1.62. The normalized spacial score (nSPS) is 9.93. The van der Waals surface area contributed by atoms with Crippen LogP contribution in [0, 0.1) is 17.1 Å². The molecule has 0 saturated heterocycles. The van der Waals surface area contributed by atoms with Gasteiger partial charge in [0, 0.05) is 20.2 Å². The summed E-state index contributed by atoms with van der Waals surface area (Å²) < 4.78 is 17.8. The third-order valence-electron chi connectivity index (χ3n) is 1.90. The Morgan fingerprint density at radius 1 is 1.47 bits per heavy atom. The summed E-state index contributed by atoms with van der Waals surface area (Å²) >= 11 is 0. The molecule has 80 valence electrons. The molecule has 0 saturated carbocycles. The fourth-order valence-corrected chi connectivity index (χ4v) is 1.22. The van der Waals surface area contributed by atoms with Crippen LogP contribution >= 0.6 is 0 Å². The highest BCUT2D eigenvalue weighted by molar-refractivity contribution is 5.33. The van der Waals surface area contributed by atoms with Gasteiger partial charge in [0.1, 0.15) is 5.82 Å². The number of halogens is 1. The molecule has 0 bridgehead atoms. The maximum Gasteiger partial charge on any atom is 0.124 e. The van der Waals surface area contributed by atoms with Crippen LogP contribution in [-0.2, 0) is 11.3 Å². The fourth-order valence-electron chi connectivity index (χ4n) is 1.22. The smallest absolute Gasteiger partial charge is 0.124 e. The lowest BCUT2D eigenvalue weighted by Crippen LogP contribution is -2.18. The average molecular weight is 208 g/mol. The van der Waals surface area contributed by atoms with Crippen LogP contribution in [0.3, 0.4) is 0 Å². The Balaban J connectivity index is 2.54. The molecule has 4 heteroatoms. The molecule has 3 nitrogen and oxygen atoms in total. The van der Waals surface area contributed by atoms with Crippen LogP contribution in [0.2, 0.25) is 0 Å². The fraction of sp³-hybridized carbons (Fsp3) is 0.364. The minimum Gasteiger partial charge on any atom is -0.383 e. The van der Waals surface area contributed by atoms with E-state index in [1.54, 1.807) is 13.2 Å². The van der Waals surface area contributed by atoms with Crippen molar-refractivity contribution in [2.75, 3.05) is 20.3 Å². The van der Waals surface area contributed by atoms with E-state index < -0.39 is 0 Å². The van der Waals surface area contributed by atoms with Gasteiger partial charge in [-0.15, -0.1) is 0 Å². The van der Waals surface area contributed by atoms with Crippen LogP contribution < -0.4 is 5.32 Å². The van der Waals surface area contributed by atoms with Crippen molar-refractivity contribution >= 4 is 0 Å². The van der Waals surface area contributed by atoms with Crippen LogP contribution in [0.25, 0.3) is 0 Å². The van der Waals surface area contributed by atoms with Gasteiger partial charge in [-0.1, -0.05) is 0 Å². The maximum atomic E-state index is 13.0. The van der Waals surface area contributed by atoms with Gasteiger partial charge in [0.25, 0.3) is 0 Å². The number of nitrogens with zero attached hydrogens (tertiary/aromatic N) is 1. The lowest BCUT2D eigenvalue weighted by atomic mass is 10.1. The standard InChI is InChI=1S/C11H13FN2O/c1-15-3-2-14-8-10-4-9(7-13)5-11(12)6-10/h4-6,14H,2-3,8H2,1H3. The molecule has 0 aliphatic rings. The third-order valence-corrected chi connectivity index (χ3v) is 1.90. The molecule has 15 heavy (non-hydrogen) atoms. The number of rotatable bonds is 5. The molecule has 0 aliphatic heterocycles. The van der Waals surface area contributed by atoms with Crippen molar-refractivity contribution < 1.29 is 9.13 Å². The molecule has 0 heterocycles. The number of benzene rings is 1. The van der Waals surface area contributed by atoms with Crippen molar-refractivity contribution in [3.63, 3.8) is 0 Å². The summed E-state index contributed by atoms with van der Waals surface area (Å²) in [6.45, 7) is 1.85. The molecular formula is C11H13FN2O. The second kappa shape index (κ2) is 6.12. The largest absolute Gasteiger partial charge is 0.383 e. The van der Waals surface area contributed by atoms with Gasteiger partial charge in [0.2, 0.25) is 0 Å². The number of ether oxygens (including phenoxy) is 1. The van der Waals surface area contributed by atoms with Crippen molar-refractivity contribution in [3.8, 4) is 6.07 Å². The van der Waals surface area contributed by atoms with E-state index in [0.717, 1.165) is 5.56 Å². The van der Waals surface area contributed by atoms with Crippen LogP contribution in [-0.4, -0.2) is 20.3 Å². The quantitative estimate of drug-likeness (QED) is 0.744. The highest BCUT2D eigenvalue weighted by Gasteiger charge is 1.99. The molecule has 0 unspecified atom stereocenters. The zero-order valence-electron chi connectivity index (χ0n) is 8.59. The van der Waals surface area contributed by atoms with E-state index in [1.165, 1.54) is 12.1 Å². The van der Waals surface area contributed by atoms with Gasteiger partial charge in [0.05, 0.1) is 18.2 Å². The Morgan fingerprint density at radius 2 is 2.27 bits per heavy atom. The second-order valence-electron chi connectivity index (χ2n) is 3.13. The van der Waals surface area contributed by atoms with Crippen molar-refractivity contribution in [1.29, 1.82) is 5.26 Å². The molecule has 0 aliphatic carbocycles. The zero-order chi connectivity index (χ0) is 11.1. The number of nitriles is 1. The van der Waals surface area contributed by atoms with Crippen molar-refractivity contribution in [1.82, 2.24) is 5.32 Å². The summed E-state index contributed by atoms with van der Waals surface area (Å²) in [6.07, 6.45) is 0.